The minimum absolute atomic E-state index is 0. The molecule has 4 rings (SSSR count). The maximum atomic E-state index is 12.1. The molecule has 0 unspecified atom stereocenters. The van der Waals surface area contributed by atoms with Crippen molar-refractivity contribution in [2.75, 3.05) is 20.2 Å². The van der Waals surface area contributed by atoms with Gasteiger partial charge in [-0.3, -0.25) is 14.7 Å². The molecule has 1 aliphatic heterocycles. The lowest BCUT2D eigenvalue weighted by atomic mass is 9.81. The molecule has 3 atom stereocenters. The van der Waals surface area contributed by atoms with E-state index in [0.29, 0.717) is 6.54 Å². The zero-order valence-electron chi connectivity index (χ0n) is 19.7. The average molecular weight is 581 g/mol. The van der Waals surface area contributed by atoms with Crippen LogP contribution in [0.15, 0.2) is 46.4 Å². The molecule has 11 heteroatoms. The van der Waals surface area contributed by atoms with Gasteiger partial charge in [0.25, 0.3) is 0 Å². The Morgan fingerprint density at radius 1 is 1.26 bits per heavy atom. The third-order valence-corrected chi connectivity index (χ3v) is 8.45. The lowest BCUT2D eigenvalue weighted by molar-refractivity contribution is -0.146. The molecule has 3 aromatic rings. The number of aryl methyl sites for hydroxylation is 1. The summed E-state index contributed by atoms with van der Waals surface area (Å²) in [6.45, 7) is 3.69. The first kappa shape index (κ1) is 31.7. The number of aromatic nitrogens is 2. The molecule has 0 spiro atoms. The van der Waals surface area contributed by atoms with Crippen molar-refractivity contribution in [3.8, 4) is 5.75 Å². The van der Waals surface area contributed by atoms with E-state index in [1.165, 1.54) is 5.56 Å². The van der Waals surface area contributed by atoms with Crippen molar-refractivity contribution in [2.24, 2.45) is 11.8 Å². The first-order chi connectivity index (χ1) is 15.5. The van der Waals surface area contributed by atoms with Gasteiger partial charge in [-0.15, -0.1) is 48.6 Å². The van der Waals surface area contributed by atoms with Crippen molar-refractivity contribution < 1.29 is 14.6 Å². The number of hydrogen-bond acceptors (Lipinski definition) is 7. The third-order valence-electron chi connectivity index (χ3n) is 6.36. The van der Waals surface area contributed by atoms with Gasteiger partial charge in [-0.25, -0.2) is 4.98 Å². The molecule has 194 valence electrons. The van der Waals surface area contributed by atoms with Crippen LogP contribution in [0.2, 0.25) is 0 Å². The van der Waals surface area contributed by atoms with E-state index in [2.05, 4.69) is 27.9 Å². The van der Waals surface area contributed by atoms with Gasteiger partial charge in [0, 0.05) is 29.7 Å². The second-order valence-electron chi connectivity index (χ2n) is 8.25. The van der Waals surface area contributed by atoms with Gasteiger partial charge >= 0.3 is 5.97 Å². The summed E-state index contributed by atoms with van der Waals surface area (Å²) in [5.74, 6) is 0.0425. The zero-order valence-corrected chi connectivity index (χ0v) is 23.7. The Balaban J connectivity index is 0.00000204. The van der Waals surface area contributed by atoms with E-state index in [0.717, 1.165) is 53.2 Å². The van der Waals surface area contributed by atoms with Crippen molar-refractivity contribution in [2.45, 2.75) is 42.3 Å². The summed E-state index contributed by atoms with van der Waals surface area (Å²) in [7, 11) is 1.67. The number of likely N-dealkylation sites (tertiary alicyclic amines) is 1. The number of nitrogens with zero attached hydrogens (tertiary/aromatic N) is 3. The lowest BCUT2D eigenvalue weighted by Crippen LogP contribution is -2.46. The molecule has 0 radical (unpaired) electrons. The summed E-state index contributed by atoms with van der Waals surface area (Å²) in [6, 6.07) is 8.02. The van der Waals surface area contributed by atoms with Crippen molar-refractivity contribution >= 4 is 77.2 Å². The van der Waals surface area contributed by atoms with Gasteiger partial charge in [0.1, 0.15) is 5.75 Å². The number of carbonyl (C=O) groups is 1. The van der Waals surface area contributed by atoms with Crippen molar-refractivity contribution in [3.63, 3.8) is 0 Å². The van der Waals surface area contributed by atoms with Crippen LogP contribution in [-0.2, 0) is 11.2 Å². The lowest BCUT2D eigenvalue weighted by Gasteiger charge is -2.39. The summed E-state index contributed by atoms with van der Waals surface area (Å²) in [5, 5.41) is 13.2. The maximum Gasteiger partial charge on any atom is 0.308 e. The van der Waals surface area contributed by atoms with Gasteiger partial charge < -0.3 is 9.84 Å². The molecule has 3 heterocycles. The van der Waals surface area contributed by atoms with Gasteiger partial charge in [-0.1, -0.05) is 11.8 Å². The summed E-state index contributed by atoms with van der Waals surface area (Å²) < 4.78 is 6.41. The van der Waals surface area contributed by atoms with E-state index >= 15 is 0 Å². The molecule has 2 aromatic heterocycles. The monoisotopic (exact) mass is 579 g/mol. The number of thiazole rings is 1. The Labute approximate surface area is 233 Å². The number of pyridine rings is 1. The Morgan fingerprint density at radius 2 is 2.06 bits per heavy atom. The fourth-order valence-corrected chi connectivity index (χ4v) is 6.47. The standard InChI is InChI=1S/C24H29N3O3S2.3ClH/c1-16(32-24-26-11-13-31-24)27-12-9-18(21(15-27)23(28)29)5-3-4-17-8-10-25-22-7-6-19(30-2)14-20(17)22;;;/h6-8,10-11,13-14,16,18,21H,3-5,9,12,15H2,1-2H3,(H,28,29);3*1H/t16-,18-,21+;;;/m1.../s1. The van der Waals surface area contributed by atoms with E-state index < -0.39 is 5.97 Å². The number of piperidine rings is 1. The topological polar surface area (TPSA) is 75.5 Å². The molecule has 1 fully saturated rings. The van der Waals surface area contributed by atoms with E-state index in [-0.39, 0.29) is 54.4 Å². The van der Waals surface area contributed by atoms with Crippen LogP contribution >= 0.6 is 60.3 Å². The highest BCUT2D eigenvalue weighted by Gasteiger charge is 2.35. The number of aliphatic carboxylic acids is 1. The summed E-state index contributed by atoms with van der Waals surface area (Å²) >= 11 is 3.35. The van der Waals surface area contributed by atoms with Crippen LogP contribution in [0, 0.1) is 11.8 Å². The van der Waals surface area contributed by atoms with Gasteiger partial charge in [-0.05, 0) is 74.9 Å². The smallest absolute Gasteiger partial charge is 0.308 e. The molecule has 0 amide bonds. The van der Waals surface area contributed by atoms with Crippen LogP contribution in [0.5, 0.6) is 5.75 Å². The zero-order chi connectivity index (χ0) is 22.5. The average Bonchev–Trinajstić information content (AvgIpc) is 3.32. The quantitative estimate of drug-likeness (QED) is 0.292. The highest BCUT2D eigenvalue weighted by atomic mass is 35.5. The number of carboxylic acid groups (broad SMARTS) is 1. The number of methoxy groups -OCH3 is 1. The van der Waals surface area contributed by atoms with Crippen LogP contribution in [-0.4, -0.2) is 51.5 Å². The largest absolute Gasteiger partial charge is 0.497 e. The Hall–Kier alpha value is -1.29. The van der Waals surface area contributed by atoms with Gasteiger partial charge in [-0.2, -0.15) is 0 Å². The summed E-state index contributed by atoms with van der Waals surface area (Å²) in [4.78, 5) is 23.2. The van der Waals surface area contributed by atoms with Crippen LogP contribution in [0.3, 0.4) is 0 Å². The van der Waals surface area contributed by atoms with Crippen LogP contribution in [0.25, 0.3) is 10.9 Å². The second kappa shape index (κ2) is 15.1. The predicted octanol–water partition coefficient (Wildman–Crippen LogP) is 6.45. The molecule has 0 bridgehead atoms. The number of rotatable bonds is 9. The van der Waals surface area contributed by atoms with Gasteiger partial charge in [0.2, 0.25) is 0 Å². The van der Waals surface area contributed by atoms with Gasteiger partial charge in [0.05, 0.1) is 23.9 Å². The molecule has 1 N–H and O–H groups in total. The van der Waals surface area contributed by atoms with Crippen LogP contribution < -0.4 is 4.74 Å². The molecule has 1 aliphatic rings. The van der Waals surface area contributed by atoms with Crippen molar-refractivity contribution in [3.05, 3.63) is 47.6 Å². The fraction of sp³-hybridized carbons (Fsp3) is 0.458. The normalized spacial score (nSPS) is 18.6. The van der Waals surface area contributed by atoms with E-state index in [1.54, 1.807) is 30.2 Å². The Bertz CT molecular complexity index is 1060. The number of carboxylic acids is 1. The number of thioether (sulfide) groups is 1. The fourth-order valence-electron chi connectivity index (χ4n) is 4.55. The summed E-state index contributed by atoms with van der Waals surface area (Å²) in [5.41, 5.74) is 2.21. The van der Waals surface area contributed by atoms with Crippen LogP contribution in [0.4, 0.5) is 0 Å². The Kier molecular flexibility index (Phi) is 13.7. The van der Waals surface area contributed by atoms with Gasteiger partial charge in [0.15, 0.2) is 4.34 Å². The number of ether oxygens (including phenoxy) is 1. The minimum Gasteiger partial charge on any atom is -0.497 e. The molecule has 0 saturated carbocycles. The highest BCUT2D eigenvalue weighted by Crippen LogP contribution is 2.34. The first-order valence-corrected chi connectivity index (χ1v) is 12.8. The SMILES string of the molecule is COc1ccc2nccc(CCC[C@@H]3CCN([C@@H](C)Sc4nccs4)C[C@@H]3C(=O)O)c2c1.Cl.Cl.Cl. The number of benzene rings is 1. The van der Waals surface area contributed by atoms with Crippen molar-refractivity contribution in [1.82, 2.24) is 14.9 Å². The molecule has 35 heavy (non-hydrogen) atoms. The molecular formula is C24H32Cl3N3O3S2. The molecular weight excluding hydrogens is 549 g/mol. The molecule has 0 aliphatic carbocycles. The van der Waals surface area contributed by atoms with E-state index in [1.807, 2.05) is 36.0 Å². The molecule has 6 nitrogen and oxygen atoms in total. The van der Waals surface area contributed by atoms with E-state index in [4.69, 9.17) is 4.74 Å². The molecule has 1 saturated heterocycles. The maximum absolute atomic E-state index is 12.1. The highest BCUT2D eigenvalue weighted by molar-refractivity contribution is 8.01. The number of hydrogen-bond donors (Lipinski definition) is 1. The first-order valence-electron chi connectivity index (χ1n) is 11.0. The number of halogens is 3. The predicted molar refractivity (Wildman–Crippen MR) is 151 cm³/mol. The molecule has 1 aromatic carbocycles. The van der Waals surface area contributed by atoms with Crippen molar-refractivity contribution in [1.29, 1.82) is 0 Å². The third kappa shape index (κ3) is 8.10. The number of fused-ring (bicyclic) bond motifs is 1. The Morgan fingerprint density at radius 3 is 2.74 bits per heavy atom. The second-order valence-corrected chi connectivity index (χ2v) is 10.7. The van der Waals surface area contributed by atoms with E-state index in [9.17, 15) is 9.90 Å². The minimum atomic E-state index is -0.676. The van der Waals surface area contributed by atoms with Crippen LogP contribution in [0.1, 0.15) is 31.7 Å². The summed E-state index contributed by atoms with van der Waals surface area (Å²) in [6.07, 6.45) is 7.39.